The Kier molecular flexibility index (Phi) is 5.90. The van der Waals surface area contributed by atoms with E-state index >= 15 is 0 Å². The van der Waals surface area contributed by atoms with E-state index in [4.69, 9.17) is 4.42 Å². The van der Waals surface area contributed by atoms with Gasteiger partial charge in [0.1, 0.15) is 16.6 Å². The molecule has 152 valence electrons. The number of amides is 1. The van der Waals surface area contributed by atoms with Crippen LogP contribution < -0.4 is 10.6 Å². The van der Waals surface area contributed by atoms with E-state index in [2.05, 4.69) is 15.6 Å². The summed E-state index contributed by atoms with van der Waals surface area (Å²) in [5, 5.41) is 6.89. The maximum Gasteiger partial charge on any atom is 0.291 e. The summed E-state index contributed by atoms with van der Waals surface area (Å²) in [6.07, 6.45) is 3.92. The monoisotopic (exact) mass is 421 g/mol. The van der Waals surface area contributed by atoms with E-state index < -0.39 is 6.04 Å². The molecular weight excluding hydrogens is 401 g/mol. The van der Waals surface area contributed by atoms with Gasteiger partial charge < -0.3 is 15.1 Å². The Morgan fingerprint density at radius 3 is 2.67 bits per heavy atom. The van der Waals surface area contributed by atoms with Crippen molar-refractivity contribution in [3.05, 3.63) is 101 Å². The summed E-state index contributed by atoms with van der Waals surface area (Å²) in [5.74, 6) is 0.139. The molecule has 2 N–H and O–H groups in total. The number of carbonyl (C=O) groups excluding carboxylic acids is 1. The lowest BCUT2D eigenvalue weighted by atomic mass is 9.99. The molecule has 7 heteroatoms. The Morgan fingerprint density at radius 1 is 1.13 bits per heavy atom. The third kappa shape index (κ3) is 4.26. The van der Waals surface area contributed by atoms with Gasteiger partial charge >= 0.3 is 0 Å². The van der Waals surface area contributed by atoms with Crippen molar-refractivity contribution in [2.24, 2.45) is 0 Å². The number of pyridine rings is 1. The molecule has 4 aromatic rings. The Morgan fingerprint density at radius 2 is 1.97 bits per heavy atom. The molecule has 1 atom stereocenters. The average Bonchev–Trinajstić information content (AvgIpc) is 3.44. The summed E-state index contributed by atoms with van der Waals surface area (Å²) in [5.41, 5.74) is 1.24. The van der Waals surface area contributed by atoms with Crippen molar-refractivity contribution in [3.63, 3.8) is 0 Å². The Balaban J connectivity index is 1.77. The third-order valence-corrected chi connectivity index (χ3v) is 5.83. The second kappa shape index (κ2) is 8.92. The number of carbonyl (C=O) groups is 1. The number of hydrogen-bond acceptors (Lipinski definition) is 5. The molecule has 0 aliphatic heterocycles. The van der Waals surface area contributed by atoms with Gasteiger partial charge in [0.25, 0.3) is 5.91 Å². The van der Waals surface area contributed by atoms with Crippen molar-refractivity contribution in [2.75, 3.05) is 10.6 Å². The predicted octanol–water partition coefficient (Wildman–Crippen LogP) is 5.89. The van der Waals surface area contributed by atoms with Crippen LogP contribution in [0.1, 0.15) is 39.5 Å². The summed E-state index contributed by atoms with van der Waals surface area (Å²) < 4.78 is 20.0. The van der Waals surface area contributed by atoms with Gasteiger partial charge in [-0.1, -0.05) is 31.2 Å². The Hall–Kier alpha value is -3.45. The van der Waals surface area contributed by atoms with Crippen LogP contribution in [0, 0.1) is 5.82 Å². The molecule has 0 bridgehead atoms. The van der Waals surface area contributed by atoms with E-state index in [1.54, 1.807) is 36.5 Å². The molecule has 0 saturated carbocycles. The van der Waals surface area contributed by atoms with E-state index in [-0.39, 0.29) is 17.5 Å². The zero-order valence-electron chi connectivity index (χ0n) is 16.3. The SMILES string of the molecule is CCc1cc([C@@H](Nc2ccccn2)c2ccccc2F)c(NC(=O)c2ccco2)s1. The fraction of sp³-hybridized carbons (Fsp3) is 0.130. The quantitative estimate of drug-likeness (QED) is 0.390. The highest BCUT2D eigenvalue weighted by atomic mass is 32.1. The fourth-order valence-corrected chi connectivity index (χ4v) is 4.18. The molecule has 5 nitrogen and oxygen atoms in total. The van der Waals surface area contributed by atoms with Crippen LogP contribution in [0.3, 0.4) is 0 Å². The highest BCUT2D eigenvalue weighted by Gasteiger charge is 2.25. The van der Waals surface area contributed by atoms with Gasteiger partial charge in [-0.3, -0.25) is 4.79 Å². The Labute approximate surface area is 177 Å². The lowest BCUT2D eigenvalue weighted by Gasteiger charge is -2.21. The van der Waals surface area contributed by atoms with Gasteiger partial charge in [0.15, 0.2) is 5.76 Å². The molecule has 1 aromatic carbocycles. The number of aromatic nitrogens is 1. The molecule has 0 aliphatic rings. The van der Waals surface area contributed by atoms with Gasteiger partial charge in [-0.25, -0.2) is 9.37 Å². The number of nitrogens with zero attached hydrogens (tertiary/aromatic N) is 1. The molecule has 0 saturated heterocycles. The second-order valence-electron chi connectivity index (χ2n) is 6.60. The average molecular weight is 421 g/mol. The highest BCUT2D eigenvalue weighted by Crippen LogP contribution is 2.38. The zero-order valence-corrected chi connectivity index (χ0v) is 17.1. The standard InChI is InChI=1S/C23H20FN3O2S/c1-2-15-14-17(23(30-15)27-22(28)19-10-7-13-29-19)21(16-8-3-4-9-18(16)24)26-20-11-5-6-12-25-20/h3-14,21H,2H2,1H3,(H,25,26)(H,27,28)/t21-/m0/s1. The van der Waals surface area contributed by atoms with E-state index in [1.165, 1.54) is 23.7 Å². The first kappa shape index (κ1) is 19.8. The van der Waals surface area contributed by atoms with Gasteiger partial charge in [0, 0.05) is 22.2 Å². The maximum absolute atomic E-state index is 14.8. The number of halogens is 1. The molecule has 0 fully saturated rings. The molecule has 30 heavy (non-hydrogen) atoms. The number of aryl methyl sites for hydroxylation is 1. The number of benzene rings is 1. The summed E-state index contributed by atoms with van der Waals surface area (Å²) in [7, 11) is 0. The van der Waals surface area contributed by atoms with E-state index in [1.807, 2.05) is 31.2 Å². The van der Waals surface area contributed by atoms with E-state index in [0.717, 1.165) is 16.9 Å². The molecule has 0 radical (unpaired) electrons. The van der Waals surface area contributed by atoms with Gasteiger partial charge in [0.05, 0.1) is 12.3 Å². The Bertz CT molecular complexity index is 1130. The summed E-state index contributed by atoms with van der Waals surface area (Å²) >= 11 is 1.47. The molecule has 1 amide bonds. The van der Waals surface area contributed by atoms with Gasteiger partial charge in [-0.15, -0.1) is 11.3 Å². The molecule has 3 heterocycles. The van der Waals surface area contributed by atoms with Crippen LogP contribution in [0.2, 0.25) is 0 Å². The van der Waals surface area contributed by atoms with Gasteiger partial charge in [0.2, 0.25) is 0 Å². The number of nitrogens with one attached hydrogen (secondary N) is 2. The fourth-order valence-electron chi connectivity index (χ4n) is 3.15. The van der Waals surface area contributed by atoms with Crippen molar-refractivity contribution < 1.29 is 13.6 Å². The highest BCUT2D eigenvalue weighted by molar-refractivity contribution is 7.16. The number of thiophene rings is 1. The predicted molar refractivity (Wildman–Crippen MR) is 116 cm³/mol. The normalized spacial score (nSPS) is 11.8. The van der Waals surface area contributed by atoms with Crippen molar-refractivity contribution >= 4 is 28.1 Å². The van der Waals surface area contributed by atoms with Crippen molar-refractivity contribution in [2.45, 2.75) is 19.4 Å². The third-order valence-electron chi connectivity index (χ3n) is 4.62. The molecule has 0 unspecified atom stereocenters. The smallest absolute Gasteiger partial charge is 0.291 e. The van der Waals surface area contributed by atoms with Crippen LogP contribution in [0.15, 0.2) is 77.5 Å². The largest absolute Gasteiger partial charge is 0.459 e. The lowest BCUT2D eigenvalue weighted by molar-refractivity contribution is 0.0997. The van der Waals surface area contributed by atoms with Crippen LogP contribution in [-0.4, -0.2) is 10.9 Å². The first-order chi connectivity index (χ1) is 14.7. The minimum absolute atomic E-state index is 0.215. The van der Waals surface area contributed by atoms with Crippen LogP contribution >= 0.6 is 11.3 Å². The summed E-state index contributed by atoms with van der Waals surface area (Å²) in [6.45, 7) is 2.04. The number of anilines is 2. The maximum atomic E-state index is 14.8. The molecule has 0 spiro atoms. The molecular formula is C23H20FN3O2S. The van der Waals surface area contributed by atoms with Crippen LogP contribution in [-0.2, 0) is 6.42 Å². The van der Waals surface area contributed by atoms with Crippen molar-refractivity contribution in [3.8, 4) is 0 Å². The van der Waals surface area contributed by atoms with Crippen LogP contribution in [0.5, 0.6) is 0 Å². The summed E-state index contributed by atoms with van der Waals surface area (Å²) in [4.78, 5) is 18.0. The molecule has 4 rings (SSSR count). The topological polar surface area (TPSA) is 67.2 Å². The molecule has 3 aromatic heterocycles. The van der Waals surface area contributed by atoms with Crippen molar-refractivity contribution in [1.29, 1.82) is 0 Å². The minimum atomic E-state index is -0.537. The number of rotatable bonds is 7. The van der Waals surface area contributed by atoms with Crippen molar-refractivity contribution in [1.82, 2.24) is 4.98 Å². The number of furan rings is 1. The number of hydrogen-bond donors (Lipinski definition) is 2. The van der Waals surface area contributed by atoms with Crippen LogP contribution in [0.4, 0.5) is 15.2 Å². The van der Waals surface area contributed by atoms with E-state index in [0.29, 0.717) is 16.4 Å². The van der Waals surface area contributed by atoms with Gasteiger partial charge in [-0.2, -0.15) is 0 Å². The lowest BCUT2D eigenvalue weighted by Crippen LogP contribution is -2.17. The van der Waals surface area contributed by atoms with Crippen LogP contribution in [0.25, 0.3) is 0 Å². The van der Waals surface area contributed by atoms with Gasteiger partial charge in [-0.05, 0) is 42.8 Å². The minimum Gasteiger partial charge on any atom is -0.459 e. The zero-order chi connectivity index (χ0) is 20.9. The second-order valence-corrected chi connectivity index (χ2v) is 7.73. The first-order valence-electron chi connectivity index (χ1n) is 9.55. The summed E-state index contributed by atoms with van der Waals surface area (Å²) in [6, 6.07) is 16.8. The van der Waals surface area contributed by atoms with E-state index in [9.17, 15) is 9.18 Å². The first-order valence-corrected chi connectivity index (χ1v) is 10.4. The molecule has 0 aliphatic carbocycles.